The monoisotopic (exact) mass is 238 g/mol. The predicted molar refractivity (Wildman–Crippen MR) is 67.7 cm³/mol. The van der Waals surface area contributed by atoms with Crippen LogP contribution in [0.4, 0.5) is 0 Å². The largest absolute Gasteiger partial charge is 0.347 e. The van der Waals surface area contributed by atoms with Gasteiger partial charge in [-0.1, -0.05) is 27.2 Å². The second-order valence-electron chi connectivity index (χ2n) is 7.15. The number of hydrogen-bond acceptors (Lipinski definition) is 2. The Bertz CT molecular complexity index is 304. The average Bonchev–Trinajstić information content (AvgIpc) is 2.71. The Kier molecular flexibility index (Phi) is 2.61. The molecule has 2 atom stereocenters. The Hall–Kier alpha value is -0.0800. The molecule has 0 aromatic rings. The predicted octanol–water partition coefficient (Wildman–Crippen LogP) is 3.75. The van der Waals surface area contributed by atoms with Crippen LogP contribution in [0, 0.1) is 16.7 Å². The van der Waals surface area contributed by atoms with E-state index >= 15 is 0 Å². The Labute approximate surface area is 105 Å². The minimum Gasteiger partial charge on any atom is -0.347 e. The van der Waals surface area contributed by atoms with Crippen LogP contribution >= 0.6 is 0 Å². The summed E-state index contributed by atoms with van der Waals surface area (Å²) >= 11 is 0. The van der Waals surface area contributed by atoms with Gasteiger partial charge in [0.1, 0.15) is 0 Å². The molecule has 0 aromatic carbocycles. The first kappa shape index (κ1) is 12.0. The summed E-state index contributed by atoms with van der Waals surface area (Å²) in [6, 6.07) is 0. The first-order chi connectivity index (χ1) is 8.00. The number of rotatable bonds is 0. The van der Waals surface area contributed by atoms with Gasteiger partial charge in [-0.2, -0.15) is 0 Å². The zero-order valence-electron chi connectivity index (χ0n) is 11.6. The highest BCUT2D eigenvalue weighted by Crippen LogP contribution is 2.63. The SMILES string of the molecule is CC1(C)CCC[C@]2(C)[C@H]1CCCC21OCCO1. The van der Waals surface area contributed by atoms with Crippen molar-refractivity contribution < 1.29 is 9.47 Å². The molecule has 1 saturated heterocycles. The Balaban J connectivity index is 1.99. The molecule has 2 nitrogen and oxygen atoms in total. The van der Waals surface area contributed by atoms with Gasteiger partial charge in [-0.05, 0) is 37.0 Å². The average molecular weight is 238 g/mol. The van der Waals surface area contributed by atoms with Gasteiger partial charge in [0.25, 0.3) is 0 Å². The van der Waals surface area contributed by atoms with Gasteiger partial charge in [-0.3, -0.25) is 0 Å². The van der Waals surface area contributed by atoms with Gasteiger partial charge in [0.15, 0.2) is 5.79 Å². The van der Waals surface area contributed by atoms with E-state index in [0.717, 1.165) is 25.6 Å². The third-order valence-corrected chi connectivity index (χ3v) is 5.85. The Morgan fingerprint density at radius 2 is 1.59 bits per heavy atom. The molecule has 1 aliphatic heterocycles. The van der Waals surface area contributed by atoms with Crippen molar-refractivity contribution in [2.45, 2.75) is 65.1 Å². The van der Waals surface area contributed by atoms with E-state index in [2.05, 4.69) is 20.8 Å². The van der Waals surface area contributed by atoms with Crippen LogP contribution in [0.2, 0.25) is 0 Å². The van der Waals surface area contributed by atoms with Crippen LogP contribution in [-0.2, 0) is 9.47 Å². The fourth-order valence-electron chi connectivity index (χ4n) is 5.04. The summed E-state index contributed by atoms with van der Waals surface area (Å²) in [5.41, 5.74) is 0.694. The minimum absolute atomic E-state index is 0.240. The second kappa shape index (κ2) is 3.71. The summed E-state index contributed by atoms with van der Waals surface area (Å²) in [5, 5.41) is 0. The van der Waals surface area contributed by atoms with E-state index in [0.29, 0.717) is 5.41 Å². The van der Waals surface area contributed by atoms with E-state index in [1.165, 1.54) is 32.1 Å². The summed E-state index contributed by atoms with van der Waals surface area (Å²) in [6.45, 7) is 8.92. The molecule has 1 heterocycles. The van der Waals surface area contributed by atoms with E-state index in [9.17, 15) is 0 Å². The topological polar surface area (TPSA) is 18.5 Å². The number of fused-ring (bicyclic) bond motifs is 2. The molecular formula is C15H26O2. The van der Waals surface area contributed by atoms with Crippen LogP contribution in [0.1, 0.15) is 59.3 Å². The van der Waals surface area contributed by atoms with Gasteiger partial charge < -0.3 is 9.47 Å². The van der Waals surface area contributed by atoms with Gasteiger partial charge >= 0.3 is 0 Å². The molecule has 1 spiro atoms. The highest BCUT2D eigenvalue weighted by molar-refractivity contribution is 5.06. The minimum atomic E-state index is -0.242. The lowest BCUT2D eigenvalue weighted by atomic mass is 9.49. The fraction of sp³-hybridized carbons (Fsp3) is 1.00. The van der Waals surface area contributed by atoms with Gasteiger partial charge in [-0.15, -0.1) is 0 Å². The highest BCUT2D eigenvalue weighted by Gasteiger charge is 2.62. The van der Waals surface area contributed by atoms with Crippen LogP contribution in [0.5, 0.6) is 0 Å². The summed E-state index contributed by atoms with van der Waals surface area (Å²) in [7, 11) is 0. The quantitative estimate of drug-likeness (QED) is 0.640. The number of hydrogen-bond donors (Lipinski definition) is 0. The van der Waals surface area contributed by atoms with Gasteiger partial charge in [0.05, 0.1) is 13.2 Å². The summed E-state index contributed by atoms with van der Waals surface area (Å²) in [6.07, 6.45) is 7.70. The first-order valence-corrected chi connectivity index (χ1v) is 7.28. The van der Waals surface area contributed by atoms with Crippen LogP contribution in [0.25, 0.3) is 0 Å². The van der Waals surface area contributed by atoms with Crippen molar-refractivity contribution in [1.29, 1.82) is 0 Å². The zero-order valence-corrected chi connectivity index (χ0v) is 11.6. The molecule has 0 amide bonds. The molecule has 3 aliphatic rings. The standard InChI is InChI=1S/C15H26O2/c1-13(2)7-5-8-14(3)12(13)6-4-9-15(14)16-10-11-17-15/h12H,4-11H2,1-3H3/t12-,14+/m0/s1. The van der Waals surface area contributed by atoms with Crippen molar-refractivity contribution in [2.24, 2.45) is 16.7 Å². The van der Waals surface area contributed by atoms with Gasteiger partial charge in [0, 0.05) is 11.8 Å². The maximum absolute atomic E-state index is 6.12. The third-order valence-electron chi connectivity index (χ3n) is 5.85. The normalized spacial score (nSPS) is 43.6. The van der Waals surface area contributed by atoms with Gasteiger partial charge in [0.2, 0.25) is 0 Å². The molecule has 2 heteroatoms. The summed E-state index contributed by atoms with van der Waals surface area (Å²) in [4.78, 5) is 0. The molecule has 0 N–H and O–H groups in total. The zero-order chi connectivity index (χ0) is 12.1. The third kappa shape index (κ3) is 1.53. The van der Waals surface area contributed by atoms with E-state index < -0.39 is 0 Å². The van der Waals surface area contributed by atoms with E-state index in [-0.39, 0.29) is 11.2 Å². The molecule has 0 radical (unpaired) electrons. The highest BCUT2D eigenvalue weighted by atomic mass is 16.7. The summed E-state index contributed by atoms with van der Waals surface area (Å²) in [5.74, 6) is 0.517. The molecule has 0 unspecified atom stereocenters. The molecule has 2 saturated carbocycles. The summed E-state index contributed by atoms with van der Waals surface area (Å²) < 4.78 is 12.2. The molecule has 3 rings (SSSR count). The van der Waals surface area contributed by atoms with E-state index in [4.69, 9.17) is 9.47 Å². The van der Waals surface area contributed by atoms with Crippen molar-refractivity contribution >= 4 is 0 Å². The fourth-order valence-corrected chi connectivity index (χ4v) is 5.04. The molecule has 2 aliphatic carbocycles. The van der Waals surface area contributed by atoms with Crippen LogP contribution in [0.15, 0.2) is 0 Å². The Morgan fingerprint density at radius 3 is 2.29 bits per heavy atom. The van der Waals surface area contributed by atoms with Crippen LogP contribution < -0.4 is 0 Å². The number of ether oxygens (including phenoxy) is 2. The van der Waals surface area contributed by atoms with Crippen molar-refractivity contribution in [3.63, 3.8) is 0 Å². The van der Waals surface area contributed by atoms with E-state index in [1.54, 1.807) is 0 Å². The second-order valence-corrected chi connectivity index (χ2v) is 7.15. The lowest BCUT2D eigenvalue weighted by molar-refractivity contribution is -0.290. The van der Waals surface area contributed by atoms with E-state index in [1.807, 2.05) is 0 Å². The molecule has 0 bridgehead atoms. The van der Waals surface area contributed by atoms with Crippen molar-refractivity contribution in [2.75, 3.05) is 13.2 Å². The maximum Gasteiger partial charge on any atom is 0.174 e. The van der Waals surface area contributed by atoms with Crippen molar-refractivity contribution in [1.82, 2.24) is 0 Å². The maximum atomic E-state index is 6.12. The van der Waals surface area contributed by atoms with Gasteiger partial charge in [-0.25, -0.2) is 0 Å². The molecule has 3 fully saturated rings. The van der Waals surface area contributed by atoms with Crippen molar-refractivity contribution in [3.8, 4) is 0 Å². The Morgan fingerprint density at radius 1 is 0.882 bits per heavy atom. The smallest absolute Gasteiger partial charge is 0.174 e. The van der Waals surface area contributed by atoms with Crippen LogP contribution in [-0.4, -0.2) is 19.0 Å². The molecular weight excluding hydrogens is 212 g/mol. The van der Waals surface area contributed by atoms with Crippen LogP contribution in [0.3, 0.4) is 0 Å². The molecule has 0 aromatic heterocycles. The molecule has 17 heavy (non-hydrogen) atoms. The lowest BCUT2D eigenvalue weighted by Crippen LogP contribution is -2.59. The molecule has 98 valence electrons. The van der Waals surface area contributed by atoms with Crippen molar-refractivity contribution in [3.05, 3.63) is 0 Å². The first-order valence-electron chi connectivity index (χ1n) is 7.28. The lowest BCUT2D eigenvalue weighted by Gasteiger charge is -2.60.